The van der Waals surface area contributed by atoms with Crippen molar-refractivity contribution in [2.24, 2.45) is 0 Å². The van der Waals surface area contributed by atoms with Crippen LogP contribution < -0.4 is 5.32 Å². The molecule has 1 heterocycles. The summed E-state index contributed by atoms with van der Waals surface area (Å²) in [6, 6.07) is 11.0. The van der Waals surface area contributed by atoms with Crippen LogP contribution in [0.5, 0.6) is 5.75 Å². The molecule has 2 N–H and O–H groups in total. The molecule has 0 bridgehead atoms. The maximum Gasteiger partial charge on any atom is 0.115 e. The lowest BCUT2D eigenvalue weighted by Crippen LogP contribution is -2.04. The third-order valence-corrected chi connectivity index (χ3v) is 2.86. The van der Waals surface area contributed by atoms with Gasteiger partial charge in [0.1, 0.15) is 11.8 Å². The first-order valence-electron chi connectivity index (χ1n) is 6.00. The topological polar surface area (TPSA) is 68.9 Å². The van der Waals surface area contributed by atoms with Crippen LogP contribution in [0, 0.1) is 25.2 Å². The number of aromatic hydroxyl groups is 1. The maximum atomic E-state index is 9.23. The largest absolute Gasteiger partial charge is 0.508 e. The molecule has 0 spiro atoms. The molecule has 4 heteroatoms. The Morgan fingerprint density at radius 3 is 2.58 bits per heavy atom. The van der Waals surface area contributed by atoms with E-state index >= 15 is 0 Å². The summed E-state index contributed by atoms with van der Waals surface area (Å²) >= 11 is 0. The normalized spacial score (nSPS) is 9.95. The van der Waals surface area contributed by atoms with Crippen LogP contribution in [0.2, 0.25) is 0 Å². The fourth-order valence-corrected chi connectivity index (χ4v) is 1.92. The molecule has 0 aliphatic carbocycles. The van der Waals surface area contributed by atoms with Crippen LogP contribution in [0.1, 0.15) is 22.5 Å². The van der Waals surface area contributed by atoms with Gasteiger partial charge >= 0.3 is 0 Å². The molecule has 0 atom stereocenters. The van der Waals surface area contributed by atoms with Crippen molar-refractivity contribution in [2.45, 2.75) is 20.4 Å². The number of rotatable bonds is 3. The van der Waals surface area contributed by atoms with Gasteiger partial charge in [0, 0.05) is 12.2 Å². The molecule has 1 aromatic carbocycles. The predicted molar refractivity (Wildman–Crippen MR) is 73.9 cm³/mol. The van der Waals surface area contributed by atoms with Gasteiger partial charge < -0.3 is 10.4 Å². The summed E-state index contributed by atoms with van der Waals surface area (Å²) < 4.78 is 0. The number of hydrogen-bond acceptors (Lipinski definition) is 4. The molecule has 0 fully saturated rings. The Bertz CT molecular complexity index is 627. The minimum absolute atomic E-state index is 0.247. The van der Waals surface area contributed by atoms with Crippen LogP contribution in [0.4, 0.5) is 5.69 Å². The molecular weight excluding hydrogens is 238 g/mol. The summed E-state index contributed by atoms with van der Waals surface area (Å²) in [7, 11) is 0. The summed E-state index contributed by atoms with van der Waals surface area (Å²) in [4.78, 5) is 4.28. The van der Waals surface area contributed by atoms with Crippen molar-refractivity contribution in [3.8, 4) is 11.8 Å². The molecule has 0 aliphatic rings. The summed E-state index contributed by atoms with van der Waals surface area (Å²) in [5.74, 6) is 0.247. The quantitative estimate of drug-likeness (QED) is 0.882. The Morgan fingerprint density at radius 1 is 1.26 bits per heavy atom. The molecule has 1 aromatic heterocycles. The van der Waals surface area contributed by atoms with Gasteiger partial charge in [-0.05, 0) is 37.6 Å². The number of benzene rings is 1. The van der Waals surface area contributed by atoms with Crippen molar-refractivity contribution in [2.75, 3.05) is 5.32 Å². The third-order valence-electron chi connectivity index (χ3n) is 2.86. The summed E-state index contributed by atoms with van der Waals surface area (Å²) in [6.07, 6.45) is 0. The minimum atomic E-state index is 0.247. The van der Waals surface area contributed by atoms with E-state index in [9.17, 15) is 5.11 Å². The van der Waals surface area contributed by atoms with Crippen molar-refractivity contribution in [1.82, 2.24) is 4.98 Å². The monoisotopic (exact) mass is 253 g/mol. The van der Waals surface area contributed by atoms with Crippen molar-refractivity contribution >= 4 is 5.69 Å². The number of aryl methyl sites for hydroxylation is 2. The molecule has 2 rings (SSSR count). The number of pyridine rings is 1. The number of nitrogens with zero attached hydrogens (tertiary/aromatic N) is 2. The Labute approximate surface area is 112 Å². The summed E-state index contributed by atoms with van der Waals surface area (Å²) in [5, 5.41) is 21.6. The van der Waals surface area contributed by atoms with E-state index in [0.29, 0.717) is 12.1 Å². The van der Waals surface area contributed by atoms with Crippen molar-refractivity contribution in [1.29, 1.82) is 5.26 Å². The van der Waals surface area contributed by atoms with Gasteiger partial charge in [-0.2, -0.15) is 5.26 Å². The highest BCUT2D eigenvalue weighted by atomic mass is 16.3. The standard InChI is InChI=1S/C15H15N3O/c1-10-7-15(14(8-16)11(2)18-10)17-9-12-3-5-13(19)6-4-12/h3-7,19H,9H2,1-2H3,(H,17,18). The van der Waals surface area contributed by atoms with Gasteiger partial charge in [0.05, 0.1) is 16.9 Å². The Hall–Kier alpha value is -2.54. The molecule has 0 saturated carbocycles. The molecule has 0 radical (unpaired) electrons. The van der Waals surface area contributed by atoms with E-state index in [1.807, 2.05) is 32.0 Å². The van der Waals surface area contributed by atoms with Crippen LogP contribution in [0.3, 0.4) is 0 Å². The second kappa shape index (κ2) is 5.40. The van der Waals surface area contributed by atoms with E-state index in [0.717, 1.165) is 22.6 Å². The van der Waals surface area contributed by atoms with E-state index in [-0.39, 0.29) is 5.75 Å². The van der Waals surface area contributed by atoms with Crippen LogP contribution >= 0.6 is 0 Å². The first-order chi connectivity index (χ1) is 9.10. The van der Waals surface area contributed by atoms with Crippen LogP contribution in [0.15, 0.2) is 30.3 Å². The number of hydrogen-bond donors (Lipinski definition) is 2. The van der Waals surface area contributed by atoms with Crippen molar-refractivity contribution < 1.29 is 5.11 Å². The average Bonchev–Trinajstić information content (AvgIpc) is 2.37. The first kappa shape index (κ1) is 12.9. The molecule has 19 heavy (non-hydrogen) atoms. The Balaban J connectivity index is 2.20. The number of nitriles is 1. The van der Waals surface area contributed by atoms with Crippen LogP contribution in [-0.2, 0) is 6.54 Å². The van der Waals surface area contributed by atoms with Crippen LogP contribution in [-0.4, -0.2) is 10.1 Å². The van der Waals surface area contributed by atoms with Gasteiger partial charge in [-0.1, -0.05) is 12.1 Å². The minimum Gasteiger partial charge on any atom is -0.508 e. The number of nitrogens with one attached hydrogen (secondary N) is 1. The molecule has 2 aromatic rings. The number of phenols is 1. The molecular formula is C15H15N3O. The smallest absolute Gasteiger partial charge is 0.115 e. The second-order valence-corrected chi connectivity index (χ2v) is 4.40. The zero-order chi connectivity index (χ0) is 13.8. The fraction of sp³-hybridized carbons (Fsp3) is 0.200. The van der Waals surface area contributed by atoms with Gasteiger partial charge in [-0.25, -0.2) is 0 Å². The Kier molecular flexibility index (Phi) is 3.67. The number of phenolic OH excluding ortho intramolecular Hbond substituents is 1. The molecule has 0 unspecified atom stereocenters. The molecule has 0 aliphatic heterocycles. The van der Waals surface area contributed by atoms with E-state index in [4.69, 9.17) is 5.26 Å². The molecule has 0 amide bonds. The molecule has 0 saturated heterocycles. The average molecular weight is 253 g/mol. The second-order valence-electron chi connectivity index (χ2n) is 4.40. The number of anilines is 1. The van der Waals surface area contributed by atoms with E-state index in [2.05, 4.69) is 16.4 Å². The molecule has 4 nitrogen and oxygen atoms in total. The lowest BCUT2D eigenvalue weighted by molar-refractivity contribution is 0.475. The number of aromatic nitrogens is 1. The van der Waals surface area contributed by atoms with Gasteiger partial charge in [0.15, 0.2) is 0 Å². The zero-order valence-corrected chi connectivity index (χ0v) is 10.9. The lowest BCUT2D eigenvalue weighted by Gasteiger charge is -2.11. The maximum absolute atomic E-state index is 9.23. The highest BCUT2D eigenvalue weighted by Gasteiger charge is 2.07. The van der Waals surface area contributed by atoms with E-state index in [1.165, 1.54) is 0 Å². The highest BCUT2D eigenvalue weighted by Crippen LogP contribution is 2.20. The summed E-state index contributed by atoms with van der Waals surface area (Å²) in [5.41, 5.74) is 4.01. The third kappa shape index (κ3) is 3.02. The van der Waals surface area contributed by atoms with E-state index in [1.54, 1.807) is 12.1 Å². The lowest BCUT2D eigenvalue weighted by atomic mass is 10.1. The zero-order valence-electron chi connectivity index (χ0n) is 10.9. The molecule has 96 valence electrons. The van der Waals surface area contributed by atoms with E-state index < -0.39 is 0 Å². The summed E-state index contributed by atoms with van der Waals surface area (Å²) in [6.45, 7) is 4.33. The van der Waals surface area contributed by atoms with Gasteiger partial charge in [0.25, 0.3) is 0 Å². The Morgan fingerprint density at radius 2 is 1.95 bits per heavy atom. The van der Waals surface area contributed by atoms with Crippen molar-refractivity contribution in [3.63, 3.8) is 0 Å². The fourth-order valence-electron chi connectivity index (χ4n) is 1.92. The first-order valence-corrected chi connectivity index (χ1v) is 6.00. The SMILES string of the molecule is Cc1cc(NCc2ccc(O)cc2)c(C#N)c(C)n1. The predicted octanol–water partition coefficient (Wildman–Crippen LogP) is 2.89. The highest BCUT2D eigenvalue weighted by molar-refractivity contribution is 5.60. The van der Waals surface area contributed by atoms with Crippen molar-refractivity contribution in [3.05, 3.63) is 52.8 Å². The van der Waals surface area contributed by atoms with Gasteiger partial charge in [-0.3, -0.25) is 4.98 Å². The van der Waals surface area contributed by atoms with Gasteiger partial charge in [-0.15, -0.1) is 0 Å². The van der Waals surface area contributed by atoms with Crippen LogP contribution in [0.25, 0.3) is 0 Å². The van der Waals surface area contributed by atoms with Gasteiger partial charge in [0.2, 0.25) is 0 Å².